The summed E-state index contributed by atoms with van der Waals surface area (Å²) in [6, 6.07) is 23.5. The lowest BCUT2D eigenvalue weighted by atomic mass is 9.94. The number of hydrogen-bond donors (Lipinski definition) is 1. The Kier molecular flexibility index (Phi) is 6.08. The smallest absolute Gasteiger partial charge is 0.295 e. The molecule has 3 aromatic carbocycles. The third kappa shape index (κ3) is 4.02. The number of ether oxygens (including phenoxy) is 1. The Morgan fingerprint density at radius 3 is 2.31 bits per heavy atom. The first-order valence-electron chi connectivity index (χ1n) is 10.6. The molecule has 32 heavy (non-hydrogen) atoms. The van der Waals surface area contributed by atoms with Crippen molar-refractivity contribution in [2.45, 2.75) is 25.9 Å². The summed E-state index contributed by atoms with van der Waals surface area (Å²) in [5.41, 5.74) is 3.36. The molecule has 1 unspecified atom stereocenters. The first kappa shape index (κ1) is 21.4. The predicted octanol–water partition coefficient (Wildman–Crippen LogP) is 4.88. The number of benzene rings is 3. The highest BCUT2D eigenvalue weighted by Crippen LogP contribution is 2.40. The van der Waals surface area contributed by atoms with Gasteiger partial charge in [0.25, 0.3) is 11.7 Å². The molecule has 4 rings (SSSR count). The monoisotopic (exact) mass is 427 g/mol. The number of aliphatic hydroxyl groups excluding tert-OH is 1. The summed E-state index contributed by atoms with van der Waals surface area (Å²) in [5.74, 6) is -0.965. The first-order valence-corrected chi connectivity index (χ1v) is 10.6. The lowest BCUT2D eigenvalue weighted by Crippen LogP contribution is -2.29. The normalized spacial score (nSPS) is 17.6. The van der Waals surface area contributed by atoms with E-state index in [1.807, 2.05) is 54.6 Å². The number of carbonyl (C=O) groups excluding carboxylic acids is 2. The Balaban J connectivity index is 1.85. The Morgan fingerprint density at radius 2 is 1.66 bits per heavy atom. The molecule has 1 aliphatic rings. The second-order valence-corrected chi connectivity index (χ2v) is 7.74. The van der Waals surface area contributed by atoms with Crippen molar-refractivity contribution >= 4 is 17.4 Å². The summed E-state index contributed by atoms with van der Waals surface area (Å²) < 4.78 is 5.26. The standard InChI is InChI=1S/C27H25NO4/c1-3-18-12-14-20(15-13-18)24-23(25(29)21-10-7-11-22(16-21)32-2)26(30)27(31)28(24)17-19-8-5-4-6-9-19/h4-16,24,29H,3,17H2,1-2H3. The van der Waals surface area contributed by atoms with Crippen LogP contribution < -0.4 is 4.74 Å². The van der Waals surface area contributed by atoms with Gasteiger partial charge in [-0.2, -0.15) is 0 Å². The maximum absolute atomic E-state index is 13.1. The number of carbonyl (C=O) groups is 2. The summed E-state index contributed by atoms with van der Waals surface area (Å²) in [4.78, 5) is 27.8. The number of aliphatic hydroxyl groups is 1. The van der Waals surface area contributed by atoms with Gasteiger partial charge >= 0.3 is 0 Å². The van der Waals surface area contributed by atoms with Crippen molar-refractivity contribution in [3.63, 3.8) is 0 Å². The van der Waals surface area contributed by atoms with E-state index in [9.17, 15) is 14.7 Å². The number of aryl methyl sites for hydroxylation is 1. The number of amides is 1. The zero-order chi connectivity index (χ0) is 22.7. The molecule has 0 saturated carbocycles. The molecule has 5 heteroatoms. The number of rotatable bonds is 6. The van der Waals surface area contributed by atoms with Crippen molar-refractivity contribution in [2.75, 3.05) is 7.11 Å². The Labute approximate surface area is 187 Å². The number of methoxy groups -OCH3 is 1. The van der Waals surface area contributed by atoms with Crippen LogP contribution in [0.25, 0.3) is 5.76 Å². The lowest BCUT2D eigenvalue weighted by molar-refractivity contribution is -0.140. The van der Waals surface area contributed by atoms with Crippen LogP contribution in [-0.4, -0.2) is 28.8 Å². The number of likely N-dealkylation sites (tertiary alicyclic amines) is 1. The first-order chi connectivity index (χ1) is 15.5. The molecular formula is C27H25NO4. The van der Waals surface area contributed by atoms with Crippen LogP contribution in [0.5, 0.6) is 5.75 Å². The molecule has 0 radical (unpaired) electrons. The van der Waals surface area contributed by atoms with Crippen molar-refractivity contribution in [2.24, 2.45) is 0 Å². The van der Waals surface area contributed by atoms with Crippen LogP contribution in [0.4, 0.5) is 0 Å². The van der Waals surface area contributed by atoms with E-state index in [-0.39, 0.29) is 17.9 Å². The topological polar surface area (TPSA) is 66.8 Å². The van der Waals surface area contributed by atoms with E-state index in [2.05, 4.69) is 6.92 Å². The molecule has 3 aromatic rings. The van der Waals surface area contributed by atoms with E-state index >= 15 is 0 Å². The third-order valence-corrected chi connectivity index (χ3v) is 5.78. The second-order valence-electron chi connectivity index (χ2n) is 7.74. The van der Waals surface area contributed by atoms with Gasteiger partial charge in [0.15, 0.2) is 0 Å². The molecule has 0 aliphatic carbocycles. The number of ketones is 1. The minimum atomic E-state index is -0.689. The van der Waals surface area contributed by atoms with Crippen LogP contribution in [0, 0.1) is 0 Å². The van der Waals surface area contributed by atoms with Crippen LogP contribution in [0.15, 0.2) is 84.4 Å². The molecule has 0 spiro atoms. The van der Waals surface area contributed by atoms with E-state index in [4.69, 9.17) is 4.74 Å². The van der Waals surface area contributed by atoms with E-state index in [0.29, 0.717) is 11.3 Å². The maximum Gasteiger partial charge on any atom is 0.295 e. The fraction of sp³-hybridized carbons (Fsp3) is 0.185. The minimum absolute atomic E-state index is 0.0865. The molecule has 5 nitrogen and oxygen atoms in total. The van der Waals surface area contributed by atoms with Gasteiger partial charge in [-0.05, 0) is 35.2 Å². The zero-order valence-corrected chi connectivity index (χ0v) is 18.1. The Morgan fingerprint density at radius 1 is 0.938 bits per heavy atom. The van der Waals surface area contributed by atoms with Gasteiger partial charge in [-0.1, -0.05) is 73.7 Å². The predicted molar refractivity (Wildman–Crippen MR) is 123 cm³/mol. The average Bonchev–Trinajstić information content (AvgIpc) is 3.09. The number of Topliss-reactive ketones (excluding diaryl/α,β-unsaturated/α-hetero) is 1. The minimum Gasteiger partial charge on any atom is -0.507 e. The highest BCUT2D eigenvalue weighted by atomic mass is 16.5. The number of nitrogens with zero attached hydrogens (tertiary/aromatic N) is 1. The van der Waals surface area contributed by atoms with Crippen LogP contribution >= 0.6 is 0 Å². The van der Waals surface area contributed by atoms with Crippen LogP contribution in [0.2, 0.25) is 0 Å². The van der Waals surface area contributed by atoms with Crippen molar-refractivity contribution in [3.8, 4) is 5.75 Å². The molecule has 1 aliphatic heterocycles. The molecule has 0 bridgehead atoms. The van der Waals surface area contributed by atoms with Gasteiger partial charge in [0.2, 0.25) is 0 Å². The molecule has 1 amide bonds. The highest BCUT2D eigenvalue weighted by Gasteiger charge is 2.46. The summed E-state index contributed by atoms with van der Waals surface area (Å²) in [7, 11) is 1.53. The van der Waals surface area contributed by atoms with Gasteiger partial charge in [-0.25, -0.2) is 0 Å². The highest BCUT2D eigenvalue weighted by molar-refractivity contribution is 6.46. The maximum atomic E-state index is 13.1. The van der Waals surface area contributed by atoms with Gasteiger partial charge in [-0.3, -0.25) is 9.59 Å². The van der Waals surface area contributed by atoms with Gasteiger partial charge in [0.1, 0.15) is 11.5 Å². The summed E-state index contributed by atoms with van der Waals surface area (Å²) in [6.45, 7) is 2.33. The average molecular weight is 428 g/mol. The van der Waals surface area contributed by atoms with Crippen LogP contribution in [0.1, 0.15) is 35.2 Å². The molecular weight excluding hydrogens is 402 g/mol. The summed E-state index contributed by atoms with van der Waals surface area (Å²) in [6.07, 6.45) is 0.883. The molecule has 1 N–H and O–H groups in total. The molecule has 162 valence electrons. The van der Waals surface area contributed by atoms with Crippen molar-refractivity contribution in [1.82, 2.24) is 4.90 Å². The third-order valence-electron chi connectivity index (χ3n) is 5.78. The summed E-state index contributed by atoms with van der Waals surface area (Å²) >= 11 is 0. The van der Waals surface area contributed by atoms with Gasteiger partial charge in [0.05, 0.1) is 18.7 Å². The summed E-state index contributed by atoms with van der Waals surface area (Å²) in [5, 5.41) is 11.2. The molecule has 1 atom stereocenters. The fourth-order valence-electron chi connectivity index (χ4n) is 4.03. The molecule has 1 heterocycles. The van der Waals surface area contributed by atoms with Gasteiger partial charge < -0.3 is 14.7 Å². The molecule has 1 saturated heterocycles. The SMILES string of the molecule is CCc1ccc(C2C(=C(O)c3cccc(OC)c3)C(=O)C(=O)N2Cc2ccccc2)cc1. The van der Waals surface area contributed by atoms with Gasteiger partial charge in [0, 0.05) is 12.1 Å². The van der Waals surface area contributed by atoms with Crippen molar-refractivity contribution in [3.05, 3.63) is 107 Å². The van der Waals surface area contributed by atoms with E-state index < -0.39 is 17.7 Å². The number of hydrogen-bond acceptors (Lipinski definition) is 4. The van der Waals surface area contributed by atoms with E-state index in [1.54, 1.807) is 24.3 Å². The van der Waals surface area contributed by atoms with Crippen LogP contribution in [-0.2, 0) is 22.6 Å². The van der Waals surface area contributed by atoms with Gasteiger partial charge in [-0.15, -0.1) is 0 Å². The Hall–Kier alpha value is -3.86. The van der Waals surface area contributed by atoms with Crippen molar-refractivity contribution < 1.29 is 19.4 Å². The molecule has 0 aromatic heterocycles. The quantitative estimate of drug-likeness (QED) is 0.346. The largest absolute Gasteiger partial charge is 0.507 e. The second kappa shape index (κ2) is 9.10. The van der Waals surface area contributed by atoms with Crippen LogP contribution in [0.3, 0.4) is 0 Å². The van der Waals surface area contributed by atoms with Crippen molar-refractivity contribution in [1.29, 1.82) is 0 Å². The van der Waals surface area contributed by atoms with E-state index in [1.165, 1.54) is 12.0 Å². The fourth-order valence-corrected chi connectivity index (χ4v) is 4.03. The lowest BCUT2D eigenvalue weighted by Gasteiger charge is -2.25. The zero-order valence-electron chi connectivity index (χ0n) is 18.1. The van der Waals surface area contributed by atoms with E-state index in [0.717, 1.165) is 23.1 Å². The molecule has 1 fully saturated rings. The Bertz CT molecular complexity index is 1170.